The van der Waals surface area contributed by atoms with Crippen LogP contribution in [0.5, 0.6) is 5.75 Å². The van der Waals surface area contributed by atoms with Gasteiger partial charge in [-0.25, -0.2) is 4.39 Å². The molecule has 1 aliphatic rings. The Labute approximate surface area is 118 Å². The van der Waals surface area contributed by atoms with Gasteiger partial charge in [-0.05, 0) is 56.3 Å². The maximum Gasteiger partial charge on any atom is 0.149 e. The second-order valence-electron chi connectivity index (χ2n) is 5.44. The number of nitrogens with zero attached hydrogens (tertiary/aromatic N) is 1. The number of aromatic nitrogens is 1. The SMILES string of the molecule is NCC1CCC(Oc2ccnc3c(F)cccc23)CC1. The minimum atomic E-state index is -0.306. The summed E-state index contributed by atoms with van der Waals surface area (Å²) in [5.41, 5.74) is 6.08. The third kappa shape index (κ3) is 2.61. The molecule has 0 amide bonds. The van der Waals surface area contributed by atoms with Crippen molar-refractivity contribution in [2.75, 3.05) is 6.54 Å². The van der Waals surface area contributed by atoms with E-state index in [4.69, 9.17) is 10.5 Å². The first-order chi connectivity index (χ1) is 9.78. The van der Waals surface area contributed by atoms with Gasteiger partial charge in [0, 0.05) is 11.6 Å². The standard InChI is InChI=1S/C16H19FN2O/c17-14-3-1-2-13-15(8-9-19-16(13)14)20-12-6-4-11(10-18)5-7-12/h1-3,8-9,11-12H,4-7,10,18H2. The van der Waals surface area contributed by atoms with E-state index >= 15 is 0 Å². The number of halogens is 1. The number of benzene rings is 1. The van der Waals surface area contributed by atoms with Crippen LogP contribution in [-0.2, 0) is 0 Å². The summed E-state index contributed by atoms with van der Waals surface area (Å²) >= 11 is 0. The quantitative estimate of drug-likeness (QED) is 0.934. The van der Waals surface area contributed by atoms with Crippen LogP contribution in [0.15, 0.2) is 30.5 Å². The number of pyridine rings is 1. The Morgan fingerprint density at radius 1 is 1.20 bits per heavy atom. The molecule has 0 atom stereocenters. The van der Waals surface area contributed by atoms with Gasteiger partial charge in [-0.1, -0.05) is 6.07 Å². The number of ether oxygens (including phenoxy) is 1. The second kappa shape index (κ2) is 5.75. The van der Waals surface area contributed by atoms with Gasteiger partial charge in [0.1, 0.15) is 17.1 Å². The summed E-state index contributed by atoms with van der Waals surface area (Å²) in [7, 11) is 0. The molecule has 0 bridgehead atoms. The Balaban J connectivity index is 1.80. The van der Waals surface area contributed by atoms with Crippen LogP contribution in [0.3, 0.4) is 0 Å². The van der Waals surface area contributed by atoms with Crippen LogP contribution in [0.4, 0.5) is 4.39 Å². The van der Waals surface area contributed by atoms with Crippen molar-refractivity contribution in [1.29, 1.82) is 0 Å². The molecule has 0 saturated heterocycles. The number of rotatable bonds is 3. The van der Waals surface area contributed by atoms with Crippen molar-refractivity contribution in [2.24, 2.45) is 11.7 Å². The van der Waals surface area contributed by atoms with Crippen molar-refractivity contribution >= 4 is 10.9 Å². The zero-order valence-corrected chi connectivity index (χ0v) is 11.4. The predicted molar refractivity (Wildman–Crippen MR) is 77.1 cm³/mol. The summed E-state index contributed by atoms with van der Waals surface area (Å²) in [4.78, 5) is 4.09. The number of fused-ring (bicyclic) bond motifs is 1. The van der Waals surface area contributed by atoms with Crippen LogP contribution in [0.25, 0.3) is 10.9 Å². The Kier molecular flexibility index (Phi) is 3.83. The van der Waals surface area contributed by atoms with Crippen LogP contribution >= 0.6 is 0 Å². The highest BCUT2D eigenvalue weighted by Gasteiger charge is 2.22. The molecule has 1 aromatic carbocycles. The van der Waals surface area contributed by atoms with E-state index in [9.17, 15) is 4.39 Å². The van der Waals surface area contributed by atoms with Crippen molar-refractivity contribution in [3.8, 4) is 5.75 Å². The molecular weight excluding hydrogens is 255 g/mol. The fraction of sp³-hybridized carbons (Fsp3) is 0.438. The molecule has 20 heavy (non-hydrogen) atoms. The molecule has 1 fully saturated rings. The van der Waals surface area contributed by atoms with Gasteiger partial charge in [0.15, 0.2) is 0 Å². The molecule has 0 aliphatic heterocycles. The van der Waals surface area contributed by atoms with Crippen molar-refractivity contribution in [3.05, 3.63) is 36.3 Å². The van der Waals surface area contributed by atoms with E-state index in [1.54, 1.807) is 12.3 Å². The molecule has 1 aliphatic carbocycles. The zero-order valence-electron chi connectivity index (χ0n) is 11.4. The van der Waals surface area contributed by atoms with Gasteiger partial charge in [0.05, 0.1) is 6.10 Å². The summed E-state index contributed by atoms with van der Waals surface area (Å²) in [5, 5.41) is 0.744. The van der Waals surface area contributed by atoms with Gasteiger partial charge in [-0.15, -0.1) is 0 Å². The van der Waals surface area contributed by atoms with Crippen LogP contribution in [0.2, 0.25) is 0 Å². The van der Waals surface area contributed by atoms with Crippen LogP contribution in [0, 0.1) is 11.7 Å². The van der Waals surface area contributed by atoms with Crippen molar-refractivity contribution in [2.45, 2.75) is 31.8 Å². The molecule has 2 N–H and O–H groups in total. The zero-order chi connectivity index (χ0) is 13.9. The minimum Gasteiger partial charge on any atom is -0.490 e. The summed E-state index contributed by atoms with van der Waals surface area (Å²) < 4.78 is 19.8. The first-order valence-corrected chi connectivity index (χ1v) is 7.18. The van der Waals surface area contributed by atoms with Crippen molar-refractivity contribution in [1.82, 2.24) is 4.98 Å². The summed E-state index contributed by atoms with van der Waals surface area (Å²) in [5.74, 6) is 1.05. The first-order valence-electron chi connectivity index (χ1n) is 7.18. The number of nitrogens with two attached hydrogens (primary N) is 1. The lowest BCUT2D eigenvalue weighted by atomic mass is 9.87. The van der Waals surface area contributed by atoms with E-state index in [1.807, 2.05) is 12.1 Å². The lowest BCUT2D eigenvalue weighted by Crippen LogP contribution is -2.27. The minimum absolute atomic E-state index is 0.201. The van der Waals surface area contributed by atoms with Gasteiger partial charge >= 0.3 is 0 Å². The van der Waals surface area contributed by atoms with Gasteiger partial charge < -0.3 is 10.5 Å². The van der Waals surface area contributed by atoms with E-state index in [0.717, 1.165) is 43.4 Å². The monoisotopic (exact) mass is 274 g/mol. The Morgan fingerprint density at radius 3 is 2.75 bits per heavy atom. The summed E-state index contributed by atoms with van der Waals surface area (Å²) in [6.45, 7) is 0.760. The number of hydrogen-bond acceptors (Lipinski definition) is 3. The third-order valence-electron chi connectivity index (χ3n) is 4.10. The van der Waals surface area contributed by atoms with E-state index in [1.165, 1.54) is 6.07 Å². The number of para-hydroxylation sites is 1. The molecule has 3 nitrogen and oxygen atoms in total. The average molecular weight is 274 g/mol. The Hall–Kier alpha value is -1.68. The number of hydrogen-bond donors (Lipinski definition) is 1. The highest BCUT2D eigenvalue weighted by Crippen LogP contribution is 2.31. The third-order valence-corrected chi connectivity index (χ3v) is 4.10. The van der Waals surface area contributed by atoms with E-state index in [0.29, 0.717) is 11.4 Å². The highest BCUT2D eigenvalue weighted by molar-refractivity contribution is 5.85. The van der Waals surface area contributed by atoms with E-state index in [2.05, 4.69) is 4.98 Å². The Bertz CT molecular complexity index is 594. The fourth-order valence-corrected chi connectivity index (χ4v) is 2.88. The molecular formula is C16H19FN2O. The van der Waals surface area contributed by atoms with Gasteiger partial charge in [-0.2, -0.15) is 0 Å². The average Bonchev–Trinajstić information content (AvgIpc) is 2.49. The van der Waals surface area contributed by atoms with E-state index < -0.39 is 0 Å². The molecule has 0 spiro atoms. The molecule has 4 heteroatoms. The topological polar surface area (TPSA) is 48.1 Å². The molecule has 3 rings (SSSR count). The van der Waals surface area contributed by atoms with Gasteiger partial charge in [0.25, 0.3) is 0 Å². The van der Waals surface area contributed by atoms with Gasteiger partial charge in [-0.3, -0.25) is 4.98 Å². The molecule has 2 aromatic rings. The fourth-order valence-electron chi connectivity index (χ4n) is 2.88. The molecule has 1 saturated carbocycles. The lowest BCUT2D eigenvalue weighted by molar-refractivity contribution is 0.134. The first kappa shape index (κ1) is 13.3. The second-order valence-corrected chi connectivity index (χ2v) is 5.44. The predicted octanol–water partition coefficient (Wildman–Crippen LogP) is 3.27. The van der Waals surface area contributed by atoms with Gasteiger partial charge in [0.2, 0.25) is 0 Å². The molecule has 0 unspecified atom stereocenters. The van der Waals surface area contributed by atoms with E-state index in [-0.39, 0.29) is 11.9 Å². The van der Waals surface area contributed by atoms with Crippen molar-refractivity contribution in [3.63, 3.8) is 0 Å². The Morgan fingerprint density at radius 2 is 2.00 bits per heavy atom. The lowest BCUT2D eigenvalue weighted by Gasteiger charge is -2.28. The maximum absolute atomic E-state index is 13.7. The van der Waals surface area contributed by atoms with Crippen molar-refractivity contribution < 1.29 is 9.13 Å². The van der Waals surface area contributed by atoms with Crippen LogP contribution in [-0.4, -0.2) is 17.6 Å². The highest BCUT2D eigenvalue weighted by atomic mass is 19.1. The summed E-state index contributed by atoms with van der Waals surface area (Å²) in [6, 6.07) is 6.78. The van der Waals surface area contributed by atoms with Crippen LogP contribution in [0.1, 0.15) is 25.7 Å². The van der Waals surface area contributed by atoms with Crippen LogP contribution < -0.4 is 10.5 Å². The molecule has 106 valence electrons. The molecule has 1 aromatic heterocycles. The maximum atomic E-state index is 13.7. The smallest absolute Gasteiger partial charge is 0.149 e. The molecule has 0 radical (unpaired) electrons. The largest absolute Gasteiger partial charge is 0.490 e. The summed E-state index contributed by atoms with van der Waals surface area (Å²) in [6.07, 6.45) is 6.05. The normalized spacial score (nSPS) is 22.9. The molecule has 1 heterocycles.